The number of rotatable bonds is 6. The van der Waals surface area contributed by atoms with Gasteiger partial charge in [0.25, 0.3) is 0 Å². The second kappa shape index (κ2) is 8.18. The van der Waals surface area contributed by atoms with Crippen LogP contribution in [0, 0.1) is 4.77 Å². The van der Waals surface area contributed by atoms with Gasteiger partial charge in [-0.1, -0.05) is 24.3 Å². The van der Waals surface area contributed by atoms with Crippen LogP contribution < -0.4 is 9.64 Å². The van der Waals surface area contributed by atoms with Gasteiger partial charge in [0.15, 0.2) is 5.82 Å². The molecule has 3 aromatic rings. The predicted octanol–water partition coefficient (Wildman–Crippen LogP) is 4.34. The van der Waals surface area contributed by atoms with E-state index < -0.39 is 0 Å². The number of aromatic amines is 1. The molecule has 0 aliphatic carbocycles. The van der Waals surface area contributed by atoms with Crippen LogP contribution in [0.25, 0.3) is 11.4 Å². The maximum Gasteiger partial charge on any atom is 0.216 e. The second-order valence-electron chi connectivity index (χ2n) is 6.59. The fourth-order valence-electron chi connectivity index (χ4n) is 2.55. The van der Waals surface area contributed by atoms with Crippen molar-refractivity contribution in [1.29, 1.82) is 0 Å². The van der Waals surface area contributed by atoms with E-state index in [0.717, 1.165) is 22.6 Å². The van der Waals surface area contributed by atoms with E-state index in [4.69, 9.17) is 17.0 Å². The summed E-state index contributed by atoms with van der Waals surface area (Å²) in [4.78, 5) is 2.05. The molecule has 0 aliphatic rings. The quantitative estimate of drug-likeness (QED) is 0.510. The Morgan fingerprint density at radius 2 is 1.93 bits per heavy atom. The van der Waals surface area contributed by atoms with Crippen molar-refractivity contribution in [3.63, 3.8) is 0 Å². The first-order chi connectivity index (χ1) is 12.9. The van der Waals surface area contributed by atoms with E-state index in [1.165, 1.54) is 0 Å². The van der Waals surface area contributed by atoms with Crippen LogP contribution in [0.2, 0.25) is 0 Å². The van der Waals surface area contributed by atoms with Crippen molar-refractivity contribution in [3.8, 4) is 17.1 Å². The average Bonchev–Trinajstić information content (AvgIpc) is 3.00. The van der Waals surface area contributed by atoms with Gasteiger partial charge in [-0.15, -0.1) is 0 Å². The largest absolute Gasteiger partial charge is 0.491 e. The molecule has 27 heavy (non-hydrogen) atoms. The molecule has 1 N–H and O–H groups in total. The number of nitrogens with zero attached hydrogens (tertiary/aromatic N) is 4. The molecule has 0 saturated heterocycles. The summed E-state index contributed by atoms with van der Waals surface area (Å²) in [5.41, 5.74) is 2.99. The van der Waals surface area contributed by atoms with Crippen molar-refractivity contribution >= 4 is 24.1 Å². The van der Waals surface area contributed by atoms with E-state index in [9.17, 15) is 0 Å². The highest BCUT2D eigenvalue weighted by atomic mass is 32.1. The highest BCUT2D eigenvalue weighted by molar-refractivity contribution is 7.71. The van der Waals surface area contributed by atoms with Crippen LogP contribution in [-0.2, 0) is 0 Å². The minimum Gasteiger partial charge on any atom is -0.491 e. The molecule has 1 heterocycles. The third kappa shape index (κ3) is 4.62. The molecule has 0 amide bonds. The van der Waals surface area contributed by atoms with E-state index >= 15 is 0 Å². The molecule has 0 atom stereocenters. The Balaban J connectivity index is 1.90. The molecule has 0 bridgehead atoms. The third-order valence-electron chi connectivity index (χ3n) is 3.85. The number of ether oxygens (including phenoxy) is 1. The molecular weight excluding hydrogens is 358 g/mol. The summed E-state index contributed by atoms with van der Waals surface area (Å²) >= 11 is 5.34. The molecule has 0 saturated carbocycles. The Morgan fingerprint density at radius 3 is 2.59 bits per heavy atom. The fraction of sp³-hybridized carbons (Fsp3) is 0.250. The van der Waals surface area contributed by atoms with E-state index in [-0.39, 0.29) is 6.10 Å². The first-order valence-electron chi connectivity index (χ1n) is 8.70. The molecule has 7 heteroatoms. The molecule has 0 unspecified atom stereocenters. The zero-order chi connectivity index (χ0) is 19.4. The summed E-state index contributed by atoms with van der Waals surface area (Å²) in [6, 6.07) is 15.9. The Kier molecular flexibility index (Phi) is 5.71. The minimum absolute atomic E-state index is 0.101. The Bertz CT molecular complexity index is 986. The average molecular weight is 382 g/mol. The van der Waals surface area contributed by atoms with Crippen LogP contribution in [0.4, 0.5) is 5.69 Å². The number of hydrogen-bond acceptors (Lipinski definition) is 5. The van der Waals surface area contributed by atoms with Gasteiger partial charge in [0.1, 0.15) is 5.75 Å². The molecule has 0 radical (unpaired) electrons. The fourth-order valence-corrected chi connectivity index (χ4v) is 2.73. The topological polar surface area (TPSA) is 58.4 Å². The van der Waals surface area contributed by atoms with Gasteiger partial charge in [0, 0.05) is 25.3 Å². The summed E-state index contributed by atoms with van der Waals surface area (Å²) < 4.78 is 7.81. The molecule has 2 aromatic carbocycles. The van der Waals surface area contributed by atoms with Gasteiger partial charge in [-0.2, -0.15) is 14.9 Å². The van der Waals surface area contributed by atoms with E-state index in [0.29, 0.717) is 10.6 Å². The molecule has 0 aliphatic heterocycles. The molecule has 6 nitrogen and oxygen atoms in total. The predicted molar refractivity (Wildman–Crippen MR) is 112 cm³/mol. The number of anilines is 1. The maximum absolute atomic E-state index is 5.77. The number of nitrogens with one attached hydrogen (secondary N) is 1. The SMILES string of the molecule is CC(C)Oc1cccc(-c2n[nH]c(=S)n2/N=C\c2ccc(N(C)C)cc2)c1. The third-order valence-corrected chi connectivity index (χ3v) is 4.11. The van der Waals surface area contributed by atoms with Crippen molar-refractivity contribution in [3.05, 3.63) is 58.9 Å². The minimum atomic E-state index is 0.101. The van der Waals surface area contributed by atoms with Crippen LogP contribution in [0.5, 0.6) is 5.75 Å². The summed E-state index contributed by atoms with van der Waals surface area (Å²) in [6.45, 7) is 3.99. The smallest absolute Gasteiger partial charge is 0.216 e. The van der Waals surface area contributed by atoms with Crippen molar-refractivity contribution in [2.45, 2.75) is 20.0 Å². The molecule has 0 spiro atoms. The van der Waals surface area contributed by atoms with Crippen molar-refractivity contribution in [2.75, 3.05) is 19.0 Å². The lowest BCUT2D eigenvalue weighted by atomic mass is 10.2. The summed E-state index contributed by atoms with van der Waals surface area (Å²) in [6.07, 6.45) is 1.87. The Morgan fingerprint density at radius 1 is 1.19 bits per heavy atom. The van der Waals surface area contributed by atoms with Crippen molar-refractivity contribution < 1.29 is 4.74 Å². The number of H-pyrrole nitrogens is 1. The van der Waals surface area contributed by atoms with Gasteiger partial charge in [-0.3, -0.25) is 0 Å². The lowest BCUT2D eigenvalue weighted by Gasteiger charge is -2.11. The first kappa shape index (κ1) is 18.8. The van der Waals surface area contributed by atoms with Crippen LogP contribution in [-0.4, -0.2) is 41.3 Å². The van der Waals surface area contributed by atoms with Crippen LogP contribution in [0.15, 0.2) is 53.6 Å². The highest BCUT2D eigenvalue weighted by Gasteiger charge is 2.09. The lowest BCUT2D eigenvalue weighted by molar-refractivity contribution is 0.242. The molecular formula is C20H23N5OS. The number of benzene rings is 2. The lowest BCUT2D eigenvalue weighted by Crippen LogP contribution is -2.08. The van der Waals surface area contributed by atoms with Gasteiger partial charge in [-0.25, -0.2) is 5.10 Å². The van der Waals surface area contributed by atoms with Crippen LogP contribution in [0.3, 0.4) is 0 Å². The normalized spacial score (nSPS) is 11.3. The number of hydrogen-bond donors (Lipinski definition) is 1. The molecule has 0 fully saturated rings. The maximum atomic E-state index is 5.77. The van der Waals surface area contributed by atoms with Gasteiger partial charge in [0.2, 0.25) is 4.77 Å². The molecule has 140 valence electrons. The summed E-state index contributed by atoms with van der Waals surface area (Å²) in [7, 11) is 4.02. The second-order valence-corrected chi connectivity index (χ2v) is 6.98. The highest BCUT2D eigenvalue weighted by Crippen LogP contribution is 2.23. The van der Waals surface area contributed by atoms with E-state index in [1.807, 2.05) is 76.5 Å². The molecule has 3 rings (SSSR count). The van der Waals surface area contributed by atoms with Gasteiger partial charge >= 0.3 is 0 Å². The van der Waals surface area contributed by atoms with Crippen LogP contribution in [0.1, 0.15) is 19.4 Å². The van der Waals surface area contributed by atoms with Gasteiger partial charge in [-0.05, 0) is 55.9 Å². The van der Waals surface area contributed by atoms with Gasteiger partial charge in [0.05, 0.1) is 12.3 Å². The van der Waals surface area contributed by atoms with Crippen LogP contribution >= 0.6 is 12.2 Å². The standard InChI is InChI=1S/C20H23N5OS/c1-14(2)26-18-7-5-6-16(12-18)19-22-23-20(27)25(19)21-13-15-8-10-17(11-9-15)24(3)4/h5-14H,1-4H3,(H,23,27)/b21-13-. The van der Waals surface area contributed by atoms with Crippen molar-refractivity contribution in [2.24, 2.45) is 5.10 Å². The van der Waals surface area contributed by atoms with E-state index in [2.05, 4.69) is 20.2 Å². The first-order valence-corrected chi connectivity index (χ1v) is 9.11. The monoisotopic (exact) mass is 381 g/mol. The van der Waals surface area contributed by atoms with Crippen molar-refractivity contribution in [1.82, 2.24) is 14.9 Å². The molecule has 1 aromatic heterocycles. The summed E-state index contributed by atoms with van der Waals surface area (Å²) in [5, 5.41) is 11.7. The van der Waals surface area contributed by atoms with Gasteiger partial charge < -0.3 is 9.64 Å². The Labute approximate surface area is 164 Å². The summed E-state index contributed by atoms with van der Waals surface area (Å²) in [5.74, 6) is 1.42. The van der Waals surface area contributed by atoms with E-state index in [1.54, 1.807) is 10.9 Å². The zero-order valence-corrected chi connectivity index (χ0v) is 16.7. The zero-order valence-electron chi connectivity index (χ0n) is 15.9. The number of aromatic nitrogens is 3. The Hall–Kier alpha value is -2.93.